The SMILES string of the molecule is Cc1sccc1C(O)c1cncn1C. The number of hydrogen-bond donors (Lipinski definition) is 1. The molecule has 3 nitrogen and oxygen atoms in total. The lowest BCUT2D eigenvalue weighted by atomic mass is 10.1. The highest BCUT2D eigenvalue weighted by Gasteiger charge is 2.16. The van der Waals surface area contributed by atoms with Gasteiger partial charge in [0.2, 0.25) is 0 Å². The quantitative estimate of drug-likeness (QED) is 0.818. The van der Waals surface area contributed by atoms with Crippen LogP contribution in [0.4, 0.5) is 0 Å². The molecule has 2 rings (SSSR count). The van der Waals surface area contributed by atoms with Gasteiger partial charge in [-0.05, 0) is 18.4 Å². The third-order valence-electron chi connectivity index (χ3n) is 2.33. The van der Waals surface area contributed by atoms with Crippen LogP contribution in [-0.2, 0) is 7.05 Å². The summed E-state index contributed by atoms with van der Waals surface area (Å²) in [6, 6.07) is 1.96. The van der Waals surface area contributed by atoms with Crippen LogP contribution in [0.3, 0.4) is 0 Å². The third kappa shape index (κ3) is 1.47. The maximum atomic E-state index is 10.1. The van der Waals surface area contributed by atoms with E-state index in [1.165, 1.54) is 0 Å². The first-order valence-electron chi connectivity index (χ1n) is 4.38. The molecule has 1 unspecified atom stereocenters. The number of aryl methyl sites for hydroxylation is 2. The normalized spacial score (nSPS) is 13.1. The van der Waals surface area contributed by atoms with Crippen LogP contribution in [0.1, 0.15) is 22.2 Å². The number of imidazole rings is 1. The van der Waals surface area contributed by atoms with Crippen LogP contribution in [0.15, 0.2) is 24.0 Å². The van der Waals surface area contributed by atoms with E-state index < -0.39 is 6.10 Å². The molecular weight excluding hydrogens is 196 g/mol. The Balaban J connectivity index is 2.38. The van der Waals surface area contributed by atoms with E-state index in [-0.39, 0.29) is 0 Å². The fraction of sp³-hybridized carbons (Fsp3) is 0.300. The predicted octanol–water partition coefficient (Wildman–Crippen LogP) is 1.87. The molecule has 0 fully saturated rings. The average molecular weight is 208 g/mol. The van der Waals surface area contributed by atoms with Gasteiger partial charge in [0.05, 0.1) is 18.2 Å². The highest BCUT2D eigenvalue weighted by atomic mass is 32.1. The molecule has 0 radical (unpaired) electrons. The third-order valence-corrected chi connectivity index (χ3v) is 3.19. The molecule has 14 heavy (non-hydrogen) atoms. The highest BCUT2D eigenvalue weighted by molar-refractivity contribution is 7.10. The average Bonchev–Trinajstić information content (AvgIpc) is 2.73. The van der Waals surface area contributed by atoms with Gasteiger partial charge in [0.15, 0.2) is 0 Å². The second-order valence-corrected chi connectivity index (χ2v) is 4.38. The Bertz CT molecular complexity index is 393. The number of aliphatic hydroxyl groups is 1. The molecule has 0 bridgehead atoms. The Morgan fingerprint density at radius 1 is 1.57 bits per heavy atom. The Labute approximate surface area is 86.7 Å². The van der Waals surface area contributed by atoms with Crippen LogP contribution >= 0.6 is 11.3 Å². The van der Waals surface area contributed by atoms with Crippen molar-refractivity contribution >= 4 is 11.3 Å². The van der Waals surface area contributed by atoms with Crippen LogP contribution in [-0.4, -0.2) is 14.7 Å². The molecule has 0 aliphatic heterocycles. The molecule has 2 heterocycles. The molecule has 0 aromatic carbocycles. The Kier molecular flexibility index (Phi) is 2.39. The van der Waals surface area contributed by atoms with Crippen molar-refractivity contribution in [2.24, 2.45) is 7.05 Å². The van der Waals surface area contributed by atoms with E-state index in [4.69, 9.17) is 0 Å². The maximum absolute atomic E-state index is 10.1. The number of thiophene rings is 1. The van der Waals surface area contributed by atoms with Crippen molar-refractivity contribution in [3.63, 3.8) is 0 Å². The fourth-order valence-corrected chi connectivity index (χ4v) is 2.20. The summed E-state index contributed by atoms with van der Waals surface area (Å²) in [6.45, 7) is 2.01. The molecule has 0 aliphatic carbocycles. The summed E-state index contributed by atoms with van der Waals surface area (Å²) in [7, 11) is 1.88. The topological polar surface area (TPSA) is 38.1 Å². The molecule has 0 saturated carbocycles. The first-order chi connectivity index (χ1) is 6.70. The van der Waals surface area contributed by atoms with Gasteiger partial charge in [-0.15, -0.1) is 11.3 Å². The van der Waals surface area contributed by atoms with Gasteiger partial charge < -0.3 is 9.67 Å². The molecule has 0 amide bonds. The first kappa shape index (κ1) is 9.43. The lowest BCUT2D eigenvalue weighted by Crippen LogP contribution is -2.04. The van der Waals surface area contributed by atoms with Gasteiger partial charge in [-0.3, -0.25) is 0 Å². The molecule has 0 saturated heterocycles. The van der Waals surface area contributed by atoms with E-state index in [0.717, 1.165) is 16.1 Å². The zero-order chi connectivity index (χ0) is 10.1. The predicted molar refractivity (Wildman–Crippen MR) is 56.3 cm³/mol. The van der Waals surface area contributed by atoms with E-state index in [1.807, 2.05) is 30.0 Å². The molecular formula is C10H12N2OS. The van der Waals surface area contributed by atoms with Crippen LogP contribution in [0.5, 0.6) is 0 Å². The second kappa shape index (κ2) is 3.55. The van der Waals surface area contributed by atoms with Gasteiger partial charge in [0.25, 0.3) is 0 Å². The molecule has 0 aliphatic rings. The number of nitrogens with zero attached hydrogens (tertiary/aromatic N) is 2. The minimum atomic E-state index is -0.561. The lowest BCUT2D eigenvalue weighted by molar-refractivity contribution is 0.211. The van der Waals surface area contributed by atoms with E-state index in [1.54, 1.807) is 23.9 Å². The zero-order valence-corrected chi connectivity index (χ0v) is 8.95. The van der Waals surface area contributed by atoms with Crippen molar-refractivity contribution in [2.45, 2.75) is 13.0 Å². The summed E-state index contributed by atoms with van der Waals surface area (Å²) in [5.41, 5.74) is 1.80. The number of aromatic nitrogens is 2. The minimum absolute atomic E-state index is 0.561. The van der Waals surface area contributed by atoms with E-state index in [9.17, 15) is 5.11 Å². The van der Waals surface area contributed by atoms with Gasteiger partial charge in [-0.25, -0.2) is 4.98 Å². The summed E-state index contributed by atoms with van der Waals surface area (Å²) in [4.78, 5) is 5.14. The number of aliphatic hydroxyl groups excluding tert-OH is 1. The first-order valence-corrected chi connectivity index (χ1v) is 5.26. The Morgan fingerprint density at radius 2 is 2.36 bits per heavy atom. The minimum Gasteiger partial charge on any atom is -0.382 e. The summed E-state index contributed by atoms with van der Waals surface area (Å²) < 4.78 is 1.84. The van der Waals surface area contributed by atoms with Gasteiger partial charge in [0, 0.05) is 17.5 Å². The van der Waals surface area contributed by atoms with Crippen molar-refractivity contribution in [2.75, 3.05) is 0 Å². The maximum Gasteiger partial charge on any atom is 0.122 e. The monoisotopic (exact) mass is 208 g/mol. The van der Waals surface area contributed by atoms with E-state index in [0.29, 0.717) is 0 Å². The molecule has 2 aromatic rings. The number of rotatable bonds is 2. The molecule has 2 aromatic heterocycles. The highest BCUT2D eigenvalue weighted by Crippen LogP contribution is 2.27. The summed E-state index contributed by atoms with van der Waals surface area (Å²) in [6.07, 6.45) is 2.83. The fourth-order valence-electron chi connectivity index (χ4n) is 1.47. The van der Waals surface area contributed by atoms with Crippen molar-refractivity contribution in [1.82, 2.24) is 9.55 Å². The molecule has 0 spiro atoms. The van der Waals surface area contributed by atoms with Crippen LogP contribution in [0.2, 0.25) is 0 Å². The smallest absolute Gasteiger partial charge is 0.122 e. The molecule has 1 N–H and O–H groups in total. The summed E-state index contributed by atoms with van der Waals surface area (Å²) in [5, 5.41) is 12.1. The van der Waals surface area contributed by atoms with Gasteiger partial charge in [-0.1, -0.05) is 0 Å². The number of hydrogen-bond acceptors (Lipinski definition) is 3. The molecule has 1 atom stereocenters. The van der Waals surface area contributed by atoms with E-state index in [2.05, 4.69) is 4.98 Å². The molecule has 4 heteroatoms. The summed E-state index contributed by atoms with van der Waals surface area (Å²) in [5.74, 6) is 0. The second-order valence-electron chi connectivity index (χ2n) is 3.26. The largest absolute Gasteiger partial charge is 0.382 e. The van der Waals surface area contributed by atoms with Crippen molar-refractivity contribution < 1.29 is 5.11 Å². The standard InChI is InChI=1S/C10H12N2OS/c1-7-8(3-4-14-7)10(13)9-5-11-6-12(9)2/h3-6,10,13H,1-2H3. The lowest BCUT2D eigenvalue weighted by Gasteiger charge is -2.10. The zero-order valence-electron chi connectivity index (χ0n) is 8.14. The van der Waals surface area contributed by atoms with Gasteiger partial charge >= 0.3 is 0 Å². The van der Waals surface area contributed by atoms with Crippen molar-refractivity contribution in [3.8, 4) is 0 Å². The van der Waals surface area contributed by atoms with Crippen molar-refractivity contribution in [1.29, 1.82) is 0 Å². The summed E-state index contributed by atoms with van der Waals surface area (Å²) >= 11 is 1.65. The van der Waals surface area contributed by atoms with Crippen molar-refractivity contribution in [3.05, 3.63) is 40.1 Å². The van der Waals surface area contributed by atoms with E-state index >= 15 is 0 Å². The Hall–Kier alpha value is -1.13. The Morgan fingerprint density at radius 3 is 2.86 bits per heavy atom. The van der Waals surface area contributed by atoms with Crippen LogP contribution in [0, 0.1) is 6.92 Å². The van der Waals surface area contributed by atoms with Gasteiger partial charge in [-0.2, -0.15) is 0 Å². The van der Waals surface area contributed by atoms with Crippen LogP contribution in [0.25, 0.3) is 0 Å². The molecule has 74 valence electrons. The van der Waals surface area contributed by atoms with Crippen LogP contribution < -0.4 is 0 Å². The van der Waals surface area contributed by atoms with Gasteiger partial charge in [0.1, 0.15) is 6.10 Å².